The number of hydrogen-bond donors (Lipinski definition) is 1. The highest BCUT2D eigenvalue weighted by atomic mass is 14.5. The molecule has 0 atom stereocenters. The van der Waals surface area contributed by atoms with Crippen LogP contribution in [-0.2, 0) is 0 Å². The highest BCUT2D eigenvalue weighted by Gasteiger charge is 2.31. The largest absolute Gasteiger partial charge is 0.399 e. The standard InChI is InChI=1S/C46H29N/c47-35-14-7-13-32(27-35)36-23-24-41-44-37(36)17-8-18-40(44)45-42(33-21-19-28-9-1-3-11-30(28)25-33)38-15-5-6-16-39(38)43(46(41)45)34-22-20-29-10-2-4-12-31(29)26-34/h1-27H,47H2. The van der Waals surface area contributed by atoms with Gasteiger partial charge in [-0.05, 0) is 123 Å². The minimum Gasteiger partial charge on any atom is -0.399 e. The van der Waals surface area contributed by atoms with E-state index in [4.69, 9.17) is 5.73 Å². The fourth-order valence-electron chi connectivity index (χ4n) is 8.05. The van der Waals surface area contributed by atoms with Crippen LogP contribution in [0.1, 0.15) is 0 Å². The monoisotopic (exact) mass is 595 g/mol. The summed E-state index contributed by atoms with van der Waals surface area (Å²) in [5, 5.41) is 10.1. The lowest BCUT2D eigenvalue weighted by Gasteiger charge is -2.21. The average Bonchev–Trinajstić information content (AvgIpc) is 3.45. The van der Waals surface area contributed by atoms with E-state index >= 15 is 0 Å². The van der Waals surface area contributed by atoms with Gasteiger partial charge in [0.1, 0.15) is 0 Å². The van der Waals surface area contributed by atoms with Crippen LogP contribution >= 0.6 is 0 Å². The van der Waals surface area contributed by atoms with Gasteiger partial charge in [-0.2, -0.15) is 0 Å². The van der Waals surface area contributed by atoms with Gasteiger partial charge in [0.05, 0.1) is 0 Å². The average molecular weight is 596 g/mol. The Morgan fingerprint density at radius 2 is 0.809 bits per heavy atom. The molecule has 0 amide bonds. The van der Waals surface area contributed by atoms with Gasteiger partial charge in [0.25, 0.3) is 0 Å². The summed E-state index contributed by atoms with van der Waals surface area (Å²) in [6, 6.07) is 59.9. The third-order valence-electron chi connectivity index (χ3n) is 10.1. The molecular weight excluding hydrogens is 567 g/mol. The van der Waals surface area contributed by atoms with Gasteiger partial charge >= 0.3 is 0 Å². The third kappa shape index (κ3) is 3.84. The van der Waals surface area contributed by atoms with Crippen molar-refractivity contribution in [1.82, 2.24) is 0 Å². The van der Waals surface area contributed by atoms with Gasteiger partial charge in [-0.3, -0.25) is 0 Å². The summed E-state index contributed by atoms with van der Waals surface area (Å²) >= 11 is 0. The van der Waals surface area contributed by atoms with Crippen LogP contribution in [0.2, 0.25) is 0 Å². The summed E-state index contributed by atoms with van der Waals surface area (Å²) in [5.41, 5.74) is 19.7. The van der Waals surface area contributed by atoms with Crippen molar-refractivity contribution in [3.8, 4) is 55.6 Å². The van der Waals surface area contributed by atoms with E-state index in [0.29, 0.717) is 0 Å². The van der Waals surface area contributed by atoms with Crippen molar-refractivity contribution in [2.24, 2.45) is 0 Å². The molecule has 0 aromatic heterocycles. The highest BCUT2D eigenvalue weighted by Crippen LogP contribution is 2.58. The van der Waals surface area contributed by atoms with Crippen molar-refractivity contribution in [1.29, 1.82) is 0 Å². The lowest BCUT2D eigenvalue weighted by molar-refractivity contribution is 1.64. The normalized spacial score (nSPS) is 11.9. The number of hydrogen-bond acceptors (Lipinski definition) is 1. The highest BCUT2D eigenvalue weighted by molar-refractivity contribution is 6.29. The van der Waals surface area contributed by atoms with Crippen molar-refractivity contribution in [2.75, 3.05) is 5.73 Å². The second-order valence-corrected chi connectivity index (χ2v) is 12.7. The van der Waals surface area contributed by atoms with Gasteiger partial charge in [-0.25, -0.2) is 0 Å². The van der Waals surface area contributed by atoms with Crippen molar-refractivity contribution in [3.05, 3.63) is 164 Å². The Hall–Kier alpha value is -6.18. The topological polar surface area (TPSA) is 26.0 Å². The van der Waals surface area contributed by atoms with Crippen LogP contribution in [-0.4, -0.2) is 0 Å². The molecule has 0 unspecified atom stereocenters. The number of benzene rings is 9. The van der Waals surface area contributed by atoms with Gasteiger partial charge in [0, 0.05) is 5.69 Å². The third-order valence-corrected chi connectivity index (χ3v) is 10.1. The molecule has 0 spiro atoms. The molecule has 1 nitrogen and oxygen atoms in total. The molecule has 9 aromatic rings. The van der Waals surface area contributed by atoms with Crippen LogP contribution < -0.4 is 5.73 Å². The minimum absolute atomic E-state index is 0.775. The molecule has 0 aliphatic heterocycles. The number of nitrogen functional groups attached to an aromatic ring is 1. The smallest absolute Gasteiger partial charge is 0.0320 e. The Morgan fingerprint density at radius 3 is 1.43 bits per heavy atom. The zero-order valence-corrected chi connectivity index (χ0v) is 25.7. The zero-order valence-electron chi connectivity index (χ0n) is 25.7. The second kappa shape index (κ2) is 9.91. The Morgan fingerprint density at radius 1 is 0.298 bits per heavy atom. The first-order valence-corrected chi connectivity index (χ1v) is 16.2. The molecule has 1 heteroatoms. The van der Waals surface area contributed by atoms with Crippen LogP contribution in [0.5, 0.6) is 0 Å². The molecule has 2 N–H and O–H groups in total. The molecule has 0 bridgehead atoms. The van der Waals surface area contributed by atoms with E-state index in [-0.39, 0.29) is 0 Å². The van der Waals surface area contributed by atoms with Crippen molar-refractivity contribution in [2.45, 2.75) is 0 Å². The van der Waals surface area contributed by atoms with Crippen molar-refractivity contribution in [3.63, 3.8) is 0 Å². The quantitative estimate of drug-likeness (QED) is 0.202. The molecule has 1 aliphatic rings. The van der Waals surface area contributed by atoms with Gasteiger partial charge in [0.2, 0.25) is 0 Å². The molecular formula is C46H29N. The van der Waals surface area contributed by atoms with E-state index in [1.54, 1.807) is 0 Å². The van der Waals surface area contributed by atoms with Crippen molar-refractivity contribution >= 4 is 48.8 Å². The first-order valence-electron chi connectivity index (χ1n) is 16.2. The lowest BCUT2D eigenvalue weighted by Crippen LogP contribution is -1.94. The fourth-order valence-corrected chi connectivity index (χ4v) is 8.05. The molecule has 10 rings (SSSR count). The second-order valence-electron chi connectivity index (χ2n) is 12.7. The Bertz CT molecular complexity index is 2620. The number of rotatable bonds is 3. The maximum atomic E-state index is 6.29. The molecule has 0 radical (unpaired) electrons. The first kappa shape index (κ1) is 26.1. The van der Waals surface area contributed by atoms with E-state index in [1.165, 1.54) is 93.2 Å². The molecule has 0 saturated carbocycles. The van der Waals surface area contributed by atoms with Gasteiger partial charge in [-0.1, -0.05) is 140 Å². The molecule has 0 heterocycles. The van der Waals surface area contributed by atoms with Crippen LogP contribution in [0.25, 0.3) is 98.7 Å². The number of nitrogens with two attached hydrogens (primary N) is 1. The van der Waals surface area contributed by atoms with Crippen LogP contribution in [0.3, 0.4) is 0 Å². The summed E-state index contributed by atoms with van der Waals surface area (Å²) in [6.45, 7) is 0. The molecule has 0 fully saturated rings. The molecule has 0 saturated heterocycles. The van der Waals surface area contributed by atoms with Crippen LogP contribution in [0, 0.1) is 0 Å². The van der Waals surface area contributed by atoms with Gasteiger partial charge in [0.15, 0.2) is 0 Å². The minimum atomic E-state index is 0.775. The summed E-state index contributed by atoms with van der Waals surface area (Å²) < 4.78 is 0. The van der Waals surface area contributed by atoms with E-state index in [2.05, 4.69) is 152 Å². The maximum absolute atomic E-state index is 6.29. The van der Waals surface area contributed by atoms with Gasteiger partial charge < -0.3 is 5.73 Å². The van der Waals surface area contributed by atoms with Crippen LogP contribution in [0.4, 0.5) is 5.69 Å². The summed E-state index contributed by atoms with van der Waals surface area (Å²) in [5.74, 6) is 0. The number of anilines is 1. The zero-order chi connectivity index (χ0) is 31.1. The molecule has 9 aromatic carbocycles. The van der Waals surface area contributed by atoms with Gasteiger partial charge in [-0.15, -0.1) is 0 Å². The van der Waals surface area contributed by atoms with Crippen molar-refractivity contribution < 1.29 is 0 Å². The molecule has 47 heavy (non-hydrogen) atoms. The SMILES string of the molecule is Nc1cccc(-c2ccc3c4c(cccc24)-c2c-3c(-c3ccc4ccccc4c3)c3ccccc3c2-c2ccc3ccccc3c2)c1. The predicted molar refractivity (Wildman–Crippen MR) is 202 cm³/mol. The Labute approximate surface area is 273 Å². The Balaban J connectivity index is 1.38. The van der Waals surface area contributed by atoms with E-state index < -0.39 is 0 Å². The number of fused-ring (bicyclic) bond motifs is 6. The summed E-state index contributed by atoms with van der Waals surface area (Å²) in [4.78, 5) is 0. The van der Waals surface area contributed by atoms with E-state index in [1.807, 2.05) is 12.1 Å². The summed E-state index contributed by atoms with van der Waals surface area (Å²) in [6.07, 6.45) is 0. The molecule has 218 valence electrons. The Kier molecular flexibility index (Phi) is 5.50. The lowest BCUT2D eigenvalue weighted by atomic mass is 9.82. The van der Waals surface area contributed by atoms with Crippen LogP contribution in [0.15, 0.2) is 164 Å². The van der Waals surface area contributed by atoms with E-state index in [0.717, 1.165) is 11.3 Å². The fraction of sp³-hybridized carbons (Fsp3) is 0. The molecule has 1 aliphatic carbocycles. The predicted octanol–water partition coefficient (Wildman–Crippen LogP) is 12.5. The maximum Gasteiger partial charge on any atom is 0.0320 e. The first-order chi connectivity index (χ1) is 23.2. The van der Waals surface area contributed by atoms with E-state index in [9.17, 15) is 0 Å². The summed E-state index contributed by atoms with van der Waals surface area (Å²) in [7, 11) is 0.